The van der Waals surface area contributed by atoms with Crippen LogP contribution >= 0.6 is 0 Å². The van der Waals surface area contributed by atoms with Gasteiger partial charge in [-0.05, 0) is 36.4 Å². The lowest BCUT2D eigenvalue weighted by molar-refractivity contribution is -0.148. The molecule has 2 aromatic heterocycles. The van der Waals surface area contributed by atoms with Gasteiger partial charge in [-0.25, -0.2) is 0 Å². The SMILES string of the molecule is Cn1cccc1C(=O)NC(=O)COC(=O)Cn1c2ccccc2c(=O)c2ccccc21. The first-order chi connectivity index (χ1) is 15.0. The summed E-state index contributed by atoms with van der Waals surface area (Å²) in [5.41, 5.74) is 1.37. The minimum Gasteiger partial charge on any atom is -0.454 e. The topological polar surface area (TPSA) is 99.4 Å². The smallest absolute Gasteiger partial charge is 0.326 e. The third kappa shape index (κ3) is 3.95. The first-order valence-electron chi connectivity index (χ1n) is 9.57. The number of pyridine rings is 1. The maximum absolute atomic E-state index is 12.7. The van der Waals surface area contributed by atoms with Gasteiger partial charge in [-0.2, -0.15) is 0 Å². The molecule has 8 nitrogen and oxygen atoms in total. The molecule has 0 atom stereocenters. The molecule has 2 amide bonds. The molecule has 0 aliphatic carbocycles. The summed E-state index contributed by atoms with van der Waals surface area (Å²) in [6.45, 7) is -0.786. The molecule has 4 aromatic rings. The minimum absolute atomic E-state index is 0.116. The summed E-state index contributed by atoms with van der Waals surface area (Å²) < 4.78 is 8.33. The van der Waals surface area contributed by atoms with Gasteiger partial charge in [0.15, 0.2) is 12.0 Å². The van der Waals surface area contributed by atoms with Crippen LogP contribution in [0.4, 0.5) is 0 Å². The molecule has 2 heterocycles. The molecule has 0 saturated heterocycles. The molecule has 0 saturated carbocycles. The fraction of sp³-hybridized carbons (Fsp3) is 0.130. The van der Waals surface area contributed by atoms with Gasteiger partial charge < -0.3 is 13.9 Å². The molecule has 0 fully saturated rings. The molecular formula is C23H19N3O5. The number of esters is 1. The summed E-state index contributed by atoms with van der Waals surface area (Å²) >= 11 is 0. The van der Waals surface area contributed by atoms with Crippen LogP contribution in [0.25, 0.3) is 21.8 Å². The minimum atomic E-state index is -0.728. The Balaban J connectivity index is 1.50. The zero-order valence-electron chi connectivity index (χ0n) is 16.7. The molecule has 31 heavy (non-hydrogen) atoms. The van der Waals surface area contributed by atoms with Crippen molar-refractivity contribution in [3.63, 3.8) is 0 Å². The summed E-state index contributed by atoms with van der Waals surface area (Å²) in [5, 5.41) is 3.16. The van der Waals surface area contributed by atoms with E-state index >= 15 is 0 Å². The number of carbonyl (C=O) groups excluding carboxylic acids is 3. The van der Waals surface area contributed by atoms with Gasteiger partial charge in [-0.15, -0.1) is 0 Å². The van der Waals surface area contributed by atoms with Gasteiger partial charge in [0, 0.05) is 24.0 Å². The zero-order chi connectivity index (χ0) is 22.0. The average molecular weight is 417 g/mol. The van der Waals surface area contributed by atoms with Crippen molar-refractivity contribution >= 4 is 39.6 Å². The second-order valence-corrected chi connectivity index (χ2v) is 6.99. The van der Waals surface area contributed by atoms with Crippen LogP contribution in [0.3, 0.4) is 0 Å². The Hall–Kier alpha value is -4.20. The first kappa shape index (κ1) is 20.1. The maximum atomic E-state index is 12.7. The van der Waals surface area contributed by atoms with Crippen molar-refractivity contribution in [2.75, 3.05) is 6.61 Å². The van der Waals surface area contributed by atoms with Crippen LogP contribution in [-0.2, 0) is 27.9 Å². The monoisotopic (exact) mass is 417 g/mol. The number of imide groups is 1. The van der Waals surface area contributed by atoms with Crippen LogP contribution in [0.5, 0.6) is 0 Å². The highest BCUT2D eigenvalue weighted by molar-refractivity contribution is 6.04. The predicted molar refractivity (Wildman–Crippen MR) is 115 cm³/mol. The van der Waals surface area contributed by atoms with Crippen LogP contribution in [0, 0.1) is 0 Å². The molecule has 0 spiro atoms. The van der Waals surface area contributed by atoms with Gasteiger partial charge in [-0.1, -0.05) is 24.3 Å². The number of ether oxygens (including phenoxy) is 1. The van der Waals surface area contributed by atoms with E-state index < -0.39 is 24.4 Å². The molecule has 2 aromatic carbocycles. The molecule has 8 heteroatoms. The summed E-state index contributed by atoms with van der Waals surface area (Å²) in [6, 6.07) is 17.2. The zero-order valence-corrected chi connectivity index (χ0v) is 16.7. The van der Waals surface area contributed by atoms with Crippen LogP contribution < -0.4 is 10.7 Å². The molecule has 4 rings (SSSR count). The molecule has 0 radical (unpaired) electrons. The van der Waals surface area contributed by atoms with E-state index in [-0.39, 0.29) is 12.0 Å². The highest BCUT2D eigenvalue weighted by Crippen LogP contribution is 2.19. The molecule has 1 N–H and O–H groups in total. The molecular weight excluding hydrogens is 398 g/mol. The van der Waals surface area contributed by atoms with E-state index in [0.29, 0.717) is 27.5 Å². The summed E-state index contributed by atoms with van der Waals surface area (Å²) in [7, 11) is 1.68. The molecule has 0 bridgehead atoms. The van der Waals surface area contributed by atoms with Gasteiger partial charge in [0.2, 0.25) is 0 Å². The summed E-state index contributed by atoms with van der Waals surface area (Å²) in [6.07, 6.45) is 1.68. The second-order valence-electron chi connectivity index (χ2n) is 6.99. The predicted octanol–water partition coefficient (Wildman–Crippen LogP) is 1.99. The molecule has 156 valence electrons. The van der Waals surface area contributed by atoms with Crippen LogP contribution in [0.1, 0.15) is 10.5 Å². The van der Waals surface area contributed by atoms with Crippen molar-refractivity contribution in [1.29, 1.82) is 0 Å². The molecule has 0 aliphatic rings. The first-order valence-corrected chi connectivity index (χ1v) is 9.57. The van der Waals surface area contributed by atoms with Crippen molar-refractivity contribution in [1.82, 2.24) is 14.5 Å². The summed E-state index contributed by atoms with van der Waals surface area (Å²) in [5.74, 6) is -1.97. The number of aryl methyl sites for hydroxylation is 1. The Kier molecular flexibility index (Phi) is 5.36. The summed E-state index contributed by atoms with van der Waals surface area (Å²) in [4.78, 5) is 49.3. The van der Waals surface area contributed by atoms with Crippen molar-refractivity contribution in [2.45, 2.75) is 6.54 Å². The lowest BCUT2D eigenvalue weighted by Crippen LogP contribution is -2.35. The maximum Gasteiger partial charge on any atom is 0.326 e. The number of aromatic nitrogens is 2. The number of carbonyl (C=O) groups is 3. The van der Waals surface area contributed by atoms with Crippen molar-refractivity contribution in [3.05, 3.63) is 82.8 Å². The van der Waals surface area contributed by atoms with Gasteiger partial charge in [0.05, 0.1) is 11.0 Å². The Morgan fingerprint density at radius 2 is 1.52 bits per heavy atom. The lowest BCUT2D eigenvalue weighted by Gasteiger charge is -2.14. The Labute approximate surface area is 176 Å². The van der Waals surface area contributed by atoms with Gasteiger partial charge in [-0.3, -0.25) is 24.5 Å². The van der Waals surface area contributed by atoms with E-state index in [1.54, 1.807) is 83.0 Å². The van der Waals surface area contributed by atoms with E-state index in [1.807, 2.05) is 0 Å². The Morgan fingerprint density at radius 1 is 0.903 bits per heavy atom. The molecule has 0 unspecified atom stereocenters. The van der Waals surface area contributed by atoms with Crippen molar-refractivity contribution in [2.24, 2.45) is 7.05 Å². The van der Waals surface area contributed by atoms with Crippen molar-refractivity contribution in [3.8, 4) is 0 Å². The average Bonchev–Trinajstić information content (AvgIpc) is 3.21. The van der Waals surface area contributed by atoms with Crippen LogP contribution in [0.15, 0.2) is 71.7 Å². The number of nitrogens with one attached hydrogen (secondary N) is 1. The van der Waals surface area contributed by atoms with E-state index in [0.717, 1.165) is 0 Å². The third-order valence-electron chi connectivity index (χ3n) is 4.96. The van der Waals surface area contributed by atoms with Gasteiger partial charge in [0.1, 0.15) is 12.2 Å². The number of nitrogens with zero attached hydrogens (tertiary/aromatic N) is 2. The van der Waals surface area contributed by atoms with E-state index in [9.17, 15) is 19.2 Å². The van der Waals surface area contributed by atoms with Crippen LogP contribution in [0.2, 0.25) is 0 Å². The lowest BCUT2D eigenvalue weighted by atomic mass is 10.1. The highest BCUT2D eigenvalue weighted by atomic mass is 16.5. The van der Waals surface area contributed by atoms with Crippen molar-refractivity contribution < 1.29 is 19.1 Å². The number of benzene rings is 2. The number of hydrogen-bond donors (Lipinski definition) is 1. The van der Waals surface area contributed by atoms with Crippen LogP contribution in [-0.4, -0.2) is 33.5 Å². The van der Waals surface area contributed by atoms with E-state index in [1.165, 1.54) is 0 Å². The quantitative estimate of drug-likeness (QED) is 0.396. The van der Waals surface area contributed by atoms with E-state index in [2.05, 4.69) is 5.32 Å². The molecule has 0 aliphatic heterocycles. The highest BCUT2D eigenvalue weighted by Gasteiger charge is 2.16. The number of amides is 2. The van der Waals surface area contributed by atoms with E-state index in [4.69, 9.17) is 4.74 Å². The largest absolute Gasteiger partial charge is 0.454 e. The van der Waals surface area contributed by atoms with Gasteiger partial charge in [0.25, 0.3) is 11.8 Å². The number of para-hydroxylation sites is 2. The second kappa shape index (κ2) is 8.27. The fourth-order valence-electron chi connectivity index (χ4n) is 3.49. The normalized spacial score (nSPS) is 10.9. The number of hydrogen-bond acceptors (Lipinski definition) is 5. The standard InChI is InChI=1S/C23H19N3O5/c1-25-12-6-11-19(25)23(30)24-20(27)14-31-21(28)13-26-17-9-4-2-7-15(17)22(29)16-8-3-5-10-18(16)26/h2-12H,13-14H2,1H3,(H,24,27,30). The fourth-order valence-corrected chi connectivity index (χ4v) is 3.49. The van der Waals surface area contributed by atoms with Gasteiger partial charge >= 0.3 is 5.97 Å². The Bertz CT molecular complexity index is 1320. The number of rotatable bonds is 5. The third-order valence-corrected chi connectivity index (χ3v) is 4.96. The Morgan fingerprint density at radius 3 is 2.10 bits per heavy atom. The number of fused-ring (bicyclic) bond motifs is 2.